The Morgan fingerprint density at radius 3 is 2.36 bits per heavy atom. The molecule has 0 aliphatic rings. The maximum absolute atomic E-state index is 10.8. The normalized spacial score (nSPS) is 13.3. The first-order valence-corrected chi connectivity index (χ1v) is 3.60. The van der Waals surface area contributed by atoms with E-state index >= 15 is 0 Å². The van der Waals surface area contributed by atoms with Gasteiger partial charge in [0.15, 0.2) is 5.78 Å². The predicted molar refractivity (Wildman–Crippen MR) is 43.9 cm³/mol. The number of aliphatic hydroxyl groups is 1. The van der Waals surface area contributed by atoms with Crippen molar-refractivity contribution < 1.29 is 9.90 Å². The Hall–Kier alpha value is -0.830. The SMILES string of the molecule is CCC(=O)/C=C(/N)C(C)(C)O. The van der Waals surface area contributed by atoms with E-state index in [1.807, 2.05) is 0 Å². The molecule has 0 aromatic rings. The number of hydrogen-bond donors (Lipinski definition) is 2. The minimum absolute atomic E-state index is 0.0652. The standard InChI is InChI=1S/C8H15NO2/c1-4-6(10)5-7(9)8(2,3)11/h5,11H,4,9H2,1-3H3/b7-5+. The molecule has 0 fully saturated rings. The molecule has 0 rings (SSSR count). The van der Waals surface area contributed by atoms with E-state index in [-0.39, 0.29) is 11.5 Å². The van der Waals surface area contributed by atoms with Crippen molar-refractivity contribution in [3.63, 3.8) is 0 Å². The van der Waals surface area contributed by atoms with E-state index in [1.165, 1.54) is 6.08 Å². The van der Waals surface area contributed by atoms with Crippen molar-refractivity contribution in [2.75, 3.05) is 0 Å². The molecular weight excluding hydrogens is 142 g/mol. The summed E-state index contributed by atoms with van der Waals surface area (Å²) in [6.07, 6.45) is 1.69. The Morgan fingerprint density at radius 1 is 1.64 bits per heavy atom. The smallest absolute Gasteiger partial charge is 0.157 e. The average molecular weight is 157 g/mol. The largest absolute Gasteiger partial charge is 0.400 e. The van der Waals surface area contributed by atoms with Gasteiger partial charge in [0, 0.05) is 18.2 Å². The summed E-state index contributed by atoms with van der Waals surface area (Å²) in [5.74, 6) is -0.0652. The van der Waals surface area contributed by atoms with Crippen molar-refractivity contribution in [1.29, 1.82) is 0 Å². The first-order chi connectivity index (χ1) is 4.88. The zero-order valence-corrected chi connectivity index (χ0v) is 7.22. The molecular formula is C8H15NO2. The lowest BCUT2D eigenvalue weighted by Crippen LogP contribution is -2.28. The van der Waals surface area contributed by atoms with Crippen LogP contribution in [-0.4, -0.2) is 16.5 Å². The van der Waals surface area contributed by atoms with Crippen LogP contribution in [0.4, 0.5) is 0 Å². The van der Waals surface area contributed by atoms with Gasteiger partial charge in [-0.25, -0.2) is 0 Å². The second-order valence-electron chi connectivity index (χ2n) is 2.98. The van der Waals surface area contributed by atoms with Crippen LogP contribution in [0.2, 0.25) is 0 Å². The molecule has 0 heterocycles. The van der Waals surface area contributed by atoms with E-state index in [4.69, 9.17) is 5.73 Å². The van der Waals surface area contributed by atoms with E-state index in [2.05, 4.69) is 0 Å². The molecule has 0 aromatic heterocycles. The molecule has 0 saturated heterocycles. The van der Waals surface area contributed by atoms with Gasteiger partial charge in [-0.3, -0.25) is 4.79 Å². The molecule has 0 aromatic carbocycles. The number of allylic oxidation sites excluding steroid dienone is 1. The van der Waals surface area contributed by atoms with Gasteiger partial charge in [-0.05, 0) is 13.8 Å². The van der Waals surface area contributed by atoms with Crippen LogP contribution in [0.5, 0.6) is 0 Å². The number of rotatable bonds is 3. The van der Waals surface area contributed by atoms with Gasteiger partial charge < -0.3 is 10.8 Å². The Bertz CT molecular complexity index is 177. The molecule has 0 unspecified atom stereocenters. The summed E-state index contributed by atoms with van der Waals surface area (Å²) in [6, 6.07) is 0. The van der Waals surface area contributed by atoms with Gasteiger partial charge >= 0.3 is 0 Å². The summed E-state index contributed by atoms with van der Waals surface area (Å²) in [4.78, 5) is 10.8. The van der Waals surface area contributed by atoms with Crippen LogP contribution in [0.1, 0.15) is 27.2 Å². The van der Waals surface area contributed by atoms with Gasteiger partial charge in [0.05, 0.1) is 5.60 Å². The lowest BCUT2D eigenvalue weighted by Gasteiger charge is -2.16. The van der Waals surface area contributed by atoms with Crippen molar-refractivity contribution >= 4 is 5.78 Å². The minimum Gasteiger partial charge on any atom is -0.400 e. The molecule has 11 heavy (non-hydrogen) atoms. The van der Waals surface area contributed by atoms with Crippen molar-refractivity contribution in [1.82, 2.24) is 0 Å². The molecule has 0 aliphatic heterocycles. The molecule has 0 amide bonds. The van der Waals surface area contributed by atoms with E-state index in [9.17, 15) is 9.90 Å². The van der Waals surface area contributed by atoms with Crippen LogP contribution in [0.3, 0.4) is 0 Å². The molecule has 0 bridgehead atoms. The molecule has 0 radical (unpaired) electrons. The quantitative estimate of drug-likeness (QED) is 0.589. The summed E-state index contributed by atoms with van der Waals surface area (Å²) < 4.78 is 0. The lowest BCUT2D eigenvalue weighted by molar-refractivity contribution is -0.114. The number of hydrogen-bond acceptors (Lipinski definition) is 3. The lowest BCUT2D eigenvalue weighted by atomic mass is 10.0. The summed E-state index contributed by atoms with van der Waals surface area (Å²) in [5.41, 5.74) is 4.54. The first kappa shape index (κ1) is 10.2. The summed E-state index contributed by atoms with van der Waals surface area (Å²) in [6.45, 7) is 4.83. The van der Waals surface area contributed by atoms with E-state index in [0.717, 1.165) is 0 Å². The average Bonchev–Trinajstić information content (AvgIpc) is 1.85. The number of carbonyl (C=O) groups is 1. The first-order valence-electron chi connectivity index (χ1n) is 3.60. The number of ketones is 1. The topological polar surface area (TPSA) is 63.3 Å². The molecule has 0 spiro atoms. The highest BCUT2D eigenvalue weighted by Crippen LogP contribution is 2.09. The van der Waals surface area contributed by atoms with Gasteiger partial charge in [-0.2, -0.15) is 0 Å². The van der Waals surface area contributed by atoms with Crippen LogP contribution < -0.4 is 5.73 Å². The van der Waals surface area contributed by atoms with Crippen molar-refractivity contribution in [3.05, 3.63) is 11.8 Å². The van der Waals surface area contributed by atoms with E-state index in [0.29, 0.717) is 6.42 Å². The van der Waals surface area contributed by atoms with E-state index < -0.39 is 5.60 Å². The number of carbonyl (C=O) groups excluding carboxylic acids is 1. The zero-order chi connectivity index (χ0) is 9.07. The second-order valence-corrected chi connectivity index (χ2v) is 2.98. The predicted octanol–water partition coefficient (Wildman–Crippen LogP) is 0.579. The highest BCUT2D eigenvalue weighted by molar-refractivity contribution is 5.90. The van der Waals surface area contributed by atoms with Crippen LogP contribution in [-0.2, 0) is 4.79 Å². The monoisotopic (exact) mass is 157 g/mol. The Morgan fingerprint density at radius 2 is 2.09 bits per heavy atom. The summed E-state index contributed by atoms with van der Waals surface area (Å²) >= 11 is 0. The summed E-state index contributed by atoms with van der Waals surface area (Å²) in [5, 5.41) is 9.29. The molecule has 0 aliphatic carbocycles. The van der Waals surface area contributed by atoms with Crippen LogP contribution >= 0.6 is 0 Å². The fraction of sp³-hybridized carbons (Fsp3) is 0.625. The zero-order valence-electron chi connectivity index (χ0n) is 7.22. The summed E-state index contributed by atoms with van der Waals surface area (Å²) in [7, 11) is 0. The van der Waals surface area contributed by atoms with Gasteiger partial charge in [-0.1, -0.05) is 6.92 Å². The van der Waals surface area contributed by atoms with Crippen LogP contribution in [0, 0.1) is 0 Å². The van der Waals surface area contributed by atoms with Crippen molar-refractivity contribution in [3.8, 4) is 0 Å². The number of nitrogens with two attached hydrogens (primary N) is 1. The van der Waals surface area contributed by atoms with Gasteiger partial charge in [-0.15, -0.1) is 0 Å². The Kier molecular flexibility index (Phi) is 3.26. The molecule has 3 heteroatoms. The molecule has 0 saturated carbocycles. The minimum atomic E-state index is -1.09. The molecule has 3 nitrogen and oxygen atoms in total. The third-order valence-electron chi connectivity index (χ3n) is 1.37. The van der Waals surface area contributed by atoms with E-state index in [1.54, 1.807) is 20.8 Å². The third-order valence-corrected chi connectivity index (χ3v) is 1.37. The fourth-order valence-electron chi connectivity index (χ4n) is 0.452. The molecule has 0 atom stereocenters. The second kappa shape index (κ2) is 3.53. The van der Waals surface area contributed by atoms with Gasteiger partial charge in [0.1, 0.15) is 0 Å². The molecule has 3 N–H and O–H groups in total. The Balaban J connectivity index is 4.35. The van der Waals surface area contributed by atoms with Crippen molar-refractivity contribution in [2.45, 2.75) is 32.8 Å². The van der Waals surface area contributed by atoms with Crippen molar-refractivity contribution in [2.24, 2.45) is 5.73 Å². The van der Waals surface area contributed by atoms with Gasteiger partial charge in [0.2, 0.25) is 0 Å². The van der Waals surface area contributed by atoms with Crippen LogP contribution in [0.25, 0.3) is 0 Å². The third kappa shape index (κ3) is 3.78. The Labute approximate surface area is 66.9 Å². The maximum Gasteiger partial charge on any atom is 0.157 e. The highest BCUT2D eigenvalue weighted by Gasteiger charge is 2.16. The van der Waals surface area contributed by atoms with Crippen LogP contribution in [0.15, 0.2) is 11.8 Å². The highest BCUT2D eigenvalue weighted by atomic mass is 16.3. The van der Waals surface area contributed by atoms with Gasteiger partial charge in [0.25, 0.3) is 0 Å². The fourth-order valence-corrected chi connectivity index (χ4v) is 0.452. The molecule has 64 valence electrons. The maximum atomic E-state index is 10.8.